The molecule has 7 unspecified atom stereocenters. The summed E-state index contributed by atoms with van der Waals surface area (Å²) in [6, 6.07) is -0.719. The summed E-state index contributed by atoms with van der Waals surface area (Å²) in [6.07, 6.45) is 59.8. The van der Waals surface area contributed by atoms with Gasteiger partial charge in [-0.25, -0.2) is 0 Å². The summed E-state index contributed by atoms with van der Waals surface area (Å²) in [6.45, 7) is 3.88. The van der Waals surface area contributed by atoms with E-state index >= 15 is 0 Å². The summed E-state index contributed by atoms with van der Waals surface area (Å²) in [5, 5.41) is 54.8. The standard InChI is InChI=1S/C63H123NO8/c1-3-5-7-9-11-13-15-17-19-21-23-24-25-26-27-28-29-30-31-32-33-34-35-36-38-40-42-44-46-48-50-52-57(66)56(55-71-63-62(70)61(69)60(68)58(54-65)72-63)64-59(67)53-51-49-47-45-43-41-39-37-22-20-18-16-14-12-10-8-6-4-2/h20,22,56-58,60-63,65-66,68-70H,3-19,21,23-55H2,1-2H3,(H,64,67)/b22-20-. The number of ether oxygens (including phenoxy) is 2. The third-order valence-corrected chi connectivity index (χ3v) is 15.6. The Labute approximate surface area is 446 Å². The Hall–Kier alpha value is -1.07. The van der Waals surface area contributed by atoms with Gasteiger partial charge in [0.2, 0.25) is 5.91 Å². The lowest BCUT2D eigenvalue weighted by molar-refractivity contribution is -0.302. The largest absolute Gasteiger partial charge is 0.394 e. The first-order chi connectivity index (χ1) is 35.3. The maximum absolute atomic E-state index is 13.1. The second kappa shape index (κ2) is 53.3. The molecule has 0 aliphatic carbocycles. The Morgan fingerprint density at radius 3 is 1.12 bits per heavy atom. The number of allylic oxidation sites excluding steroid dienone is 2. The number of aliphatic hydroxyl groups excluding tert-OH is 5. The summed E-state index contributed by atoms with van der Waals surface area (Å²) in [7, 11) is 0. The van der Waals surface area contributed by atoms with Crippen LogP contribution in [0.15, 0.2) is 12.2 Å². The van der Waals surface area contributed by atoms with Crippen molar-refractivity contribution in [3.05, 3.63) is 12.2 Å². The van der Waals surface area contributed by atoms with Gasteiger partial charge in [0.1, 0.15) is 24.4 Å². The van der Waals surface area contributed by atoms with Crippen molar-refractivity contribution >= 4 is 5.91 Å². The van der Waals surface area contributed by atoms with E-state index in [2.05, 4.69) is 31.3 Å². The molecule has 0 saturated carbocycles. The van der Waals surface area contributed by atoms with Crippen LogP contribution in [-0.4, -0.2) is 87.5 Å². The number of carbonyl (C=O) groups excluding carboxylic acids is 1. The number of hydrogen-bond donors (Lipinski definition) is 6. The van der Waals surface area contributed by atoms with Crippen LogP contribution >= 0.6 is 0 Å². The number of hydrogen-bond acceptors (Lipinski definition) is 8. The molecule has 0 aromatic heterocycles. The molecule has 0 bridgehead atoms. The van der Waals surface area contributed by atoms with Crippen LogP contribution in [0, 0.1) is 0 Å². The molecule has 0 aromatic carbocycles. The zero-order valence-electron chi connectivity index (χ0n) is 47.7. The Bertz CT molecular complexity index is 1140. The fraction of sp³-hybridized carbons (Fsp3) is 0.952. The molecule has 1 heterocycles. The van der Waals surface area contributed by atoms with Gasteiger partial charge in [-0.05, 0) is 38.5 Å². The van der Waals surface area contributed by atoms with E-state index in [0.29, 0.717) is 12.8 Å². The normalized spacial score (nSPS) is 19.1. The molecular formula is C63H123NO8. The van der Waals surface area contributed by atoms with E-state index in [1.165, 1.54) is 263 Å². The number of unbranched alkanes of at least 4 members (excludes halogenated alkanes) is 44. The van der Waals surface area contributed by atoms with Crippen molar-refractivity contribution in [1.29, 1.82) is 0 Å². The predicted molar refractivity (Wildman–Crippen MR) is 304 cm³/mol. The molecule has 0 radical (unpaired) electrons. The molecule has 1 amide bonds. The minimum atomic E-state index is -1.55. The summed E-state index contributed by atoms with van der Waals surface area (Å²) in [4.78, 5) is 13.1. The highest BCUT2D eigenvalue weighted by molar-refractivity contribution is 5.76. The molecule has 9 heteroatoms. The summed E-state index contributed by atoms with van der Waals surface area (Å²) < 4.78 is 11.3. The van der Waals surface area contributed by atoms with Crippen molar-refractivity contribution in [1.82, 2.24) is 5.32 Å². The number of rotatable bonds is 56. The van der Waals surface area contributed by atoms with Crippen LogP contribution in [0.25, 0.3) is 0 Å². The number of nitrogens with one attached hydrogen (secondary N) is 1. The molecule has 9 nitrogen and oxygen atoms in total. The van der Waals surface area contributed by atoms with Crippen LogP contribution in [0.1, 0.15) is 328 Å². The first kappa shape index (κ1) is 68.9. The highest BCUT2D eigenvalue weighted by Gasteiger charge is 2.44. The third-order valence-electron chi connectivity index (χ3n) is 15.6. The molecule has 0 spiro atoms. The van der Waals surface area contributed by atoms with Gasteiger partial charge in [-0.3, -0.25) is 4.79 Å². The van der Waals surface area contributed by atoms with Crippen molar-refractivity contribution < 1.29 is 39.8 Å². The lowest BCUT2D eigenvalue weighted by Gasteiger charge is -2.40. The van der Waals surface area contributed by atoms with Gasteiger partial charge in [0, 0.05) is 6.42 Å². The summed E-state index contributed by atoms with van der Waals surface area (Å²) >= 11 is 0. The predicted octanol–water partition coefficient (Wildman–Crippen LogP) is 16.4. The second-order valence-corrected chi connectivity index (χ2v) is 22.6. The van der Waals surface area contributed by atoms with Crippen molar-refractivity contribution in [3.63, 3.8) is 0 Å². The molecule has 72 heavy (non-hydrogen) atoms. The third kappa shape index (κ3) is 42.1. The SMILES string of the molecule is CCCCCCCCC/C=C\CCCCCCCCCC(=O)NC(COC1OC(CO)C(O)C(O)C1O)C(O)CCCCCCCCCCCCCCCCCCCCCCCCCCCCCCCCC. The molecule has 1 aliphatic rings. The van der Waals surface area contributed by atoms with Crippen LogP contribution in [0.2, 0.25) is 0 Å². The maximum Gasteiger partial charge on any atom is 0.220 e. The fourth-order valence-electron chi connectivity index (χ4n) is 10.6. The van der Waals surface area contributed by atoms with Gasteiger partial charge in [0.25, 0.3) is 0 Å². The van der Waals surface area contributed by atoms with E-state index in [0.717, 1.165) is 38.5 Å². The van der Waals surface area contributed by atoms with Gasteiger partial charge in [-0.1, -0.05) is 296 Å². The van der Waals surface area contributed by atoms with E-state index in [1.807, 2.05) is 0 Å². The smallest absolute Gasteiger partial charge is 0.220 e. The molecule has 1 fully saturated rings. The molecule has 1 saturated heterocycles. The van der Waals surface area contributed by atoms with Crippen molar-refractivity contribution in [2.24, 2.45) is 0 Å². The van der Waals surface area contributed by atoms with Crippen LogP contribution < -0.4 is 5.32 Å². The van der Waals surface area contributed by atoms with Gasteiger partial charge in [-0.15, -0.1) is 0 Å². The van der Waals surface area contributed by atoms with E-state index < -0.39 is 49.5 Å². The Balaban J connectivity index is 2.12. The Kier molecular flexibility index (Phi) is 51.1. The van der Waals surface area contributed by atoms with Crippen LogP contribution in [0.4, 0.5) is 0 Å². The van der Waals surface area contributed by atoms with Crippen LogP contribution in [-0.2, 0) is 14.3 Å². The summed E-state index contributed by atoms with van der Waals surface area (Å²) in [5.41, 5.74) is 0. The van der Waals surface area contributed by atoms with Gasteiger partial charge in [-0.2, -0.15) is 0 Å². The van der Waals surface area contributed by atoms with Crippen molar-refractivity contribution in [2.75, 3.05) is 13.2 Å². The van der Waals surface area contributed by atoms with Crippen molar-refractivity contribution in [2.45, 2.75) is 371 Å². The molecule has 7 atom stereocenters. The molecule has 6 N–H and O–H groups in total. The second-order valence-electron chi connectivity index (χ2n) is 22.6. The number of aliphatic hydroxyl groups is 5. The topological polar surface area (TPSA) is 149 Å². The minimum Gasteiger partial charge on any atom is -0.394 e. The minimum absolute atomic E-state index is 0.135. The van der Waals surface area contributed by atoms with Crippen molar-refractivity contribution in [3.8, 4) is 0 Å². The first-order valence-electron chi connectivity index (χ1n) is 31.9. The van der Waals surface area contributed by atoms with E-state index in [1.54, 1.807) is 0 Å². The molecule has 428 valence electrons. The summed E-state index contributed by atoms with van der Waals surface area (Å²) in [5.74, 6) is -0.143. The van der Waals surface area contributed by atoms with Crippen LogP contribution in [0.5, 0.6) is 0 Å². The highest BCUT2D eigenvalue weighted by Crippen LogP contribution is 2.24. The quantitative estimate of drug-likeness (QED) is 0.0261. The number of carbonyl (C=O) groups is 1. The first-order valence-corrected chi connectivity index (χ1v) is 31.9. The average molecular weight is 1020 g/mol. The fourth-order valence-corrected chi connectivity index (χ4v) is 10.6. The molecule has 1 aliphatic heterocycles. The van der Waals surface area contributed by atoms with Gasteiger partial charge < -0.3 is 40.3 Å². The highest BCUT2D eigenvalue weighted by atomic mass is 16.7. The van der Waals surface area contributed by atoms with Crippen LogP contribution in [0.3, 0.4) is 0 Å². The van der Waals surface area contributed by atoms with E-state index in [-0.39, 0.29) is 12.5 Å². The maximum atomic E-state index is 13.1. The zero-order chi connectivity index (χ0) is 52.2. The van der Waals surface area contributed by atoms with Gasteiger partial charge >= 0.3 is 0 Å². The Morgan fingerprint density at radius 2 is 0.778 bits per heavy atom. The van der Waals surface area contributed by atoms with E-state index in [9.17, 15) is 30.3 Å². The molecule has 0 aromatic rings. The monoisotopic (exact) mass is 1020 g/mol. The zero-order valence-corrected chi connectivity index (χ0v) is 47.7. The van der Waals surface area contributed by atoms with Gasteiger partial charge in [0.15, 0.2) is 6.29 Å². The Morgan fingerprint density at radius 1 is 0.458 bits per heavy atom. The molecule has 1 rings (SSSR count). The van der Waals surface area contributed by atoms with E-state index in [4.69, 9.17) is 9.47 Å². The number of amides is 1. The average Bonchev–Trinajstić information content (AvgIpc) is 3.38. The lowest BCUT2D eigenvalue weighted by atomic mass is 9.99. The molecular weight excluding hydrogens is 899 g/mol. The van der Waals surface area contributed by atoms with Gasteiger partial charge in [0.05, 0.1) is 25.4 Å². The lowest BCUT2D eigenvalue weighted by Crippen LogP contribution is -2.60.